The Morgan fingerprint density at radius 2 is 2.22 bits per heavy atom. The average Bonchev–Trinajstić information content (AvgIpc) is 2.36. The van der Waals surface area contributed by atoms with Gasteiger partial charge in [0.2, 0.25) is 0 Å². The Labute approximate surface area is 118 Å². The normalized spacial score (nSPS) is 12.4. The Morgan fingerprint density at radius 3 is 2.94 bits per heavy atom. The number of benzene rings is 1. The number of unbranched alkanes of at least 4 members (excludes halogenated alkanes) is 1. The van der Waals surface area contributed by atoms with E-state index in [1.807, 2.05) is 25.1 Å². The van der Waals surface area contributed by atoms with Gasteiger partial charge in [0, 0.05) is 23.3 Å². The van der Waals surface area contributed by atoms with Crippen LogP contribution < -0.4 is 5.32 Å². The van der Waals surface area contributed by atoms with Crippen LogP contribution in [0.2, 0.25) is 0 Å². The molecule has 0 amide bonds. The first-order valence-electron chi connectivity index (χ1n) is 6.40. The molecule has 0 heterocycles. The van der Waals surface area contributed by atoms with Gasteiger partial charge in [0.15, 0.2) is 0 Å². The number of hydrogen-bond donors (Lipinski definition) is 2. The van der Waals surface area contributed by atoms with Crippen LogP contribution >= 0.6 is 15.9 Å². The average molecular weight is 316 g/mol. The molecule has 1 aromatic carbocycles. The van der Waals surface area contributed by atoms with E-state index in [0.717, 1.165) is 35.2 Å². The van der Waals surface area contributed by atoms with E-state index >= 15 is 0 Å². The van der Waals surface area contributed by atoms with E-state index in [4.69, 9.17) is 4.74 Å². The first-order valence-corrected chi connectivity index (χ1v) is 7.19. The van der Waals surface area contributed by atoms with Crippen LogP contribution in [0.3, 0.4) is 0 Å². The van der Waals surface area contributed by atoms with Gasteiger partial charge in [-0.2, -0.15) is 0 Å². The highest BCUT2D eigenvalue weighted by Crippen LogP contribution is 2.23. The topological polar surface area (TPSA) is 41.5 Å². The molecule has 102 valence electrons. The summed E-state index contributed by atoms with van der Waals surface area (Å²) in [6, 6.07) is 5.99. The lowest BCUT2D eigenvalue weighted by Crippen LogP contribution is -2.25. The molecule has 4 heteroatoms. The summed E-state index contributed by atoms with van der Waals surface area (Å²) in [6.07, 6.45) is 1.69. The zero-order valence-corrected chi connectivity index (χ0v) is 12.7. The molecule has 2 N–H and O–H groups in total. The molecule has 3 nitrogen and oxygen atoms in total. The molecule has 0 aromatic heterocycles. The monoisotopic (exact) mass is 315 g/mol. The standard InChI is InChI=1S/C14H22BrNO2/c1-3-4-8-18-10-12(17)9-16-14-7-5-6-13(15)11(14)2/h5-7,12,16-17H,3-4,8-10H2,1-2H3. The molecule has 0 radical (unpaired) electrons. The lowest BCUT2D eigenvalue weighted by molar-refractivity contribution is 0.0421. The molecule has 0 spiro atoms. The van der Waals surface area contributed by atoms with Gasteiger partial charge in [-0.3, -0.25) is 0 Å². The lowest BCUT2D eigenvalue weighted by atomic mass is 10.2. The predicted molar refractivity (Wildman–Crippen MR) is 79.1 cm³/mol. The number of ether oxygens (including phenoxy) is 1. The second-order valence-electron chi connectivity index (χ2n) is 4.38. The van der Waals surface area contributed by atoms with Crippen molar-refractivity contribution in [1.82, 2.24) is 0 Å². The Bertz CT molecular complexity index is 358. The Morgan fingerprint density at radius 1 is 1.44 bits per heavy atom. The van der Waals surface area contributed by atoms with Crippen LogP contribution in [0.25, 0.3) is 0 Å². The van der Waals surface area contributed by atoms with Gasteiger partial charge >= 0.3 is 0 Å². The van der Waals surface area contributed by atoms with Crippen molar-refractivity contribution in [2.45, 2.75) is 32.8 Å². The van der Waals surface area contributed by atoms with E-state index in [2.05, 4.69) is 28.2 Å². The van der Waals surface area contributed by atoms with Crippen molar-refractivity contribution in [1.29, 1.82) is 0 Å². The highest BCUT2D eigenvalue weighted by Gasteiger charge is 2.06. The van der Waals surface area contributed by atoms with Crippen LogP contribution in [-0.2, 0) is 4.74 Å². The van der Waals surface area contributed by atoms with Crippen molar-refractivity contribution >= 4 is 21.6 Å². The minimum atomic E-state index is -0.472. The quantitative estimate of drug-likeness (QED) is 0.723. The molecule has 18 heavy (non-hydrogen) atoms. The van der Waals surface area contributed by atoms with Crippen molar-refractivity contribution in [3.8, 4) is 0 Å². The molecule has 1 atom stereocenters. The van der Waals surface area contributed by atoms with Crippen LogP contribution in [-0.4, -0.2) is 31.0 Å². The van der Waals surface area contributed by atoms with Gasteiger partial charge in [0.25, 0.3) is 0 Å². The number of aliphatic hydroxyl groups excluding tert-OH is 1. The third kappa shape index (κ3) is 5.38. The van der Waals surface area contributed by atoms with Crippen molar-refractivity contribution in [3.63, 3.8) is 0 Å². The first kappa shape index (κ1) is 15.5. The Kier molecular flexibility index (Phi) is 7.32. The van der Waals surface area contributed by atoms with Crippen molar-refractivity contribution in [2.24, 2.45) is 0 Å². The van der Waals surface area contributed by atoms with E-state index in [0.29, 0.717) is 13.2 Å². The number of rotatable bonds is 8. The molecule has 0 aliphatic rings. The Balaban J connectivity index is 2.29. The molecule has 0 aliphatic heterocycles. The van der Waals surface area contributed by atoms with Gasteiger partial charge in [-0.1, -0.05) is 35.3 Å². The SMILES string of the molecule is CCCCOCC(O)CNc1cccc(Br)c1C. The van der Waals surface area contributed by atoms with E-state index in [-0.39, 0.29) is 0 Å². The van der Waals surface area contributed by atoms with E-state index in [9.17, 15) is 5.11 Å². The van der Waals surface area contributed by atoms with Crippen LogP contribution in [0.4, 0.5) is 5.69 Å². The lowest BCUT2D eigenvalue weighted by Gasteiger charge is -2.15. The fourth-order valence-corrected chi connectivity index (χ4v) is 1.92. The van der Waals surface area contributed by atoms with Crippen LogP contribution in [0.15, 0.2) is 22.7 Å². The minimum Gasteiger partial charge on any atom is -0.389 e. The summed E-state index contributed by atoms with van der Waals surface area (Å²) in [5, 5.41) is 13.0. The second kappa shape index (κ2) is 8.51. The number of aliphatic hydroxyl groups is 1. The molecular formula is C14H22BrNO2. The van der Waals surface area contributed by atoms with Gasteiger partial charge in [-0.15, -0.1) is 0 Å². The highest BCUT2D eigenvalue weighted by atomic mass is 79.9. The van der Waals surface area contributed by atoms with Gasteiger partial charge in [-0.05, 0) is 31.0 Å². The summed E-state index contributed by atoms with van der Waals surface area (Å²) < 4.78 is 6.45. The van der Waals surface area contributed by atoms with Crippen molar-refractivity contribution in [3.05, 3.63) is 28.2 Å². The molecular weight excluding hydrogens is 294 g/mol. The molecule has 0 aliphatic carbocycles. The summed E-state index contributed by atoms with van der Waals surface area (Å²) in [7, 11) is 0. The van der Waals surface area contributed by atoms with Crippen molar-refractivity contribution in [2.75, 3.05) is 25.1 Å². The van der Waals surface area contributed by atoms with Crippen LogP contribution in [0.5, 0.6) is 0 Å². The van der Waals surface area contributed by atoms with Crippen molar-refractivity contribution < 1.29 is 9.84 Å². The summed E-state index contributed by atoms with van der Waals surface area (Å²) >= 11 is 3.49. The van der Waals surface area contributed by atoms with E-state index in [1.54, 1.807) is 0 Å². The number of hydrogen-bond acceptors (Lipinski definition) is 3. The smallest absolute Gasteiger partial charge is 0.0945 e. The molecule has 0 saturated carbocycles. The maximum absolute atomic E-state index is 9.77. The molecule has 0 fully saturated rings. The zero-order chi connectivity index (χ0) is 13.4. The molecule has 0 saturated heterocycles. The summed E-state index contributed by atoms with van der Waals surface area (Å²) in [4.78, 5) is 0. The maximum Gasteiger partial charge on any atom is 0.0945 e. The summed E-state index contributed by atoms with van der Waals surface area (Å²) in [5.74, 6) is 0. The number of nitrogens with one attached hydrogen (secondary N) is 1. The summed E-state index contributed by atoms with van der Waals surface area (Å²) in [6.45, 7) is 5.78. The molecule has 1 unspecified atom stereocenters. The molecule has 0 bridgehead atoms. The fourth-order valence-electron chi connectivity index (χ4n) is 1.55. The van der Waals surface area contributed by atoms with E-state index < -0.39 is 6.10 Å². The van der Waals surface area contributed by atoms with E-state index in [1.165, 1.54) is 0 Å². The largest absolute Gasteiger partial charge is 0.389 e. The van der Waals surface area contributed by atoms with Crippen LogP contribution in [0, 0.1) is 6.92 Å². The van der Waals surface area contributed by atoms with Gasteiger partial charge < -0.3 is 15.2 Å². The fraction of sp³-hybridized carbons (Fsp3) is 0.571. The minimum absolute atomic E-state index is 0.389. The maximum atomic E-state index is 9.77. The predicted octanol–water partition coefficient (Wildman–Crippen LogP) is 3.35. The number of anilines is 1. The van der Waals surface area contributed by atoms with Gasteiger partial charge in [0.05, 0.1) is 12.7 Å². The van der Waals surface area contributed by atoms with Gasteiger partial charge in [-0.25, -0.2) is 0 Å². The first-order chi connectivity index (χ1) is 8.65. The van der Waals surface area contributed by atoms with Gasteiger partial charge in [0.1, 0.15) is 0 Å². The van der Waals surface area contributed by atoms with Crippen LogP contribution in [0.1, 0.15) is 25.3 Å². The highest BCUT2D eigenvalue weighted by molar-refractivity contribution is 9.10. The Hall–Kier alpha value is -0.580. The third-order valence-electron chi connectivity index (χ3n) is 2.75. The third-order valence-corrected chi connectivity index (χ3v) is 3.61. The second-order valence-corrected chi connectivity index (χ2v) is 5.23. The molecule has 1 rings (SSSR count). The zero-order valence-electron chi connectivity index (χ0n) is 11.1. The molecule has 1 aromatic rings. The number of halogens is 1. The summed E-state index contributed by atoms with van der Waals surface area (Å²) in [5.41, 5.74) is 2.19.